The van der Waals surface area contributed by atoms with Crippen LogP contribution in [0.25, 0.3) is 0 Å². The molecule has 2 aromatic carbocycles. The van der Waals surface area contributed by atoms with Gasteiger partial charge in [0, 0.05) is 23.8 Å². The van der Waals surface area contributed by atoms with Crippen LogP contribution in [0.3, 0.4) is 0 Å². The zero-order valence-corrected chi connectivity index (χ0v) is 17.0. The highest BCUT2D eigenvalue weighted by atomic mass is 35.5. The quantitative estimate of drug-likeness (QED) is 0.691. The molecule has 0 bridgehead atoms. The molecular formula is C22H25ClN2O2. The van der Waals surface area contributed by atoms with Crippen molar-refractivity contribution in [3.63, 3.8) is 0 Å². The molecule has 0 spiro atoms. The summed E-state index contributed by atoms with van der Waals surface area (Å²) in [6, 6.07) is 7.73. The smallest absolute Gasteiger partial charge is 0.253 e. The number of carbonyl (C=O) groups excluding carboxylic acids is 2. The third-order valence-electron chi connectivity index (χ3n) is 5.08. The first-order valence-corrected chi connectivity index (χ1v) is 9.60. The zero-order chi connectivity index (χ0) is 19.7. The van der Waals surface area contributed by atoms with Gasteiger partial charge in [0.05, 0.1) is 10.6 Å². The van der Waals surface area contributed by atoms with Crippen molar-refractivity contribution in [1.82, 2.24) is 5.32 Å². The Kier molecular flexibility index (Phi) is 5.56. The summed E-state index contributed by atoms with van der Waals surface area (Å²) in [4.78, 5) is 24.2. The molecule has 2 aromatic rings. The highest BCUT2D eigenvalue weighted by Gasteiger charge is 2.24. The van der Waals surface area contributed by atoms with Gasteiger partial charge in [0.1, 0.15) is 0 Å². The number of nitrogens with one attached hydrogen (secondary N) is 2. The van der Waals surface area contributed by atoms with Crippen molar-refractivity contribution in [3.05, 3.63) is 62.7 Å². The summed E-state index contributed by atoms with van der Waals surface area (Å²) in [5.74, 6) is -0.0364. The number of ketones is 1. The van der Waals surface area contributed by atoms with Gasteiger partial charge in [-0.3, -0.25) is 9.59 Å². The molecule has 1 saturated carbocycles. The lowest BCUT2D eigenvalue weighted by Gasteiger charge is -2.17. The lowest BCUT2D eigenvalue weighted by Crippen LogP contribution is -2.25. The van der Waals surface area contributed by atoms with Gasteiger partial charge >= 0.3 is 0 Å². The lowest BCUT2D eigenvalue weighted by molar-refractivity contribution is 0.0950. The number of anilines is 1. The third-order valence-corrected chi connectivity index (χ3v) is 5.39. The number of Topliss-reactive ketones (excluding diaryl/α,β-unsaturated/α-hetero) is 1. The van der Waals surface area contributed by atoms with E-state index in [0.29, 0.717) is 23.2 Å². The number of amides is 1. The second kappa shape index (κ2) is 7.73. The number of aryl methyl sites for hydroxylation is 2. The fourth-order valence-corrected chi connectivity index (χ4v) is 3.80. The fourth-order valence-electron chi connectivity index (χ4n) is 3.53. The van der Waals surface area contributed by atoms with E-state index in [0.717, 1.165) is 46.3 Å². The van der Waals surface area contributed by atoms with E-state index in [-0.39, 0.29) is 11.7 Å². The van der Waals surface area contributed by atoms with Gasteiger partial charge in [0.15, 0.2) is 5.78 Å². The van der Waals surface area contributed by atoms with Gasteiger partial charge in [0.2, 0.25) is 0 Å². The van der Waals surface area contributed by atoms with Gasteiger partial charge in [0.25, 0.3) is 5.91 Å². The average Bonchev–Trinajstić information content (AvgIpc) is 3.37. The van der Waals surface area contributed by atoms with E-state index in [9.17, 15) is 9.59 Å². The Morgan fingerprint density at radius 1 is 1.11 bits per heavy atom. The van der Waals surface area contributed by atoms with Gasteiger partial charge in [-0.25, -0.2) is 0 Å². The third kappa shape index (κ3) is 4.33. The number of benzene rings is 2. The molecule has 0 aromatic heterocycles. The first-order valence-electron chi connectivity index (χ1n) is 9.22. The Hall–Kier alpha value is -2.33. The highest BCUT2D eigenvalue weighted by Crippen LogP contribution is 2.26. The fraction of sp³-hybridized carbons (Fsp3) is 0.364. The number of hydrogen-bond donors (Lipinski definition) is 2. The molecule has 0 aliphatic heterocycles. The Labute approximate surface area is 165 Å². The van der Waals surface area contributed by atoms with Crippen LogP contribution in [0.15, 0.2) is 24.3 Å². The van der Waals surface area contributed by atoms with Crippen LogP contribution in [0.4, 0.5) is 5.69 Å². The molecule has 0 unspecified atom stereocenters. The van der Waals surface area contributed by atoms with Gasteiger partial charge < -0.3 is 10.6 Å². The molecule has 1 fully saturated rings. The predicted molar refractivity (Wildman–Crippen MR) is 110 cm³/mol. The van der Waals surface area contributed by atoms with Crippen molar-refractivity contribution in [2.45, 2.75) is 53.1 Å². The van der Waals surface area contributed by atoms with Crippen LogP contribution in [-0.2, 0) is 6.54 Å². The van der Waals surface area contributed by atoms with Gasteiger partial charge in [-0.1, -0.05) is 17.7 Å². The zero-order valence-electron chi connectivity index (χ0n) is 16.2. The molecule has 3 rings (SSSR count). The SMILES string of the molecule is CC(=O)c1c(C)cc(C)c(CNc2ccc(C(=O)NC3CC3)c(Cl)c2)c1C. The van der Waals surface area contributed by atoms with Crippen LogP contribution >= 0.6 is 11.6 Å². The van der Waals surface area contributed by atoms with Crippen molar-refractivity contribution in [2.75, 3.05) is 5.32 Å². The van der Waals surface area contributed by atoms with Crippen LogP contribution in [-0.4, -0.2) is 17.7 Å². The molecule has 1 aliphatic carbocycles. The molecule has 0 radical (unpaired) electrons. The molecule has 0 heterocycles. The van der Waals surface area contributed by atoms with Crippen molar-refractivity contribution in [3.8, 4) is 0 Å². The molecule has 27 heavy (non-hydrogen) atoms. The Balaban J connectivity index is 1.77. The number of carbonyl (C=O) groups is 2. The first kappa shape index (κ1) is 19.4. The normalized spacial score (nSPS) is 13.4. The van der Waals surface area contributed by atoms with Crippen LogP contribution in [0, 0.1) is 20.8 Å². The Bertz CT molecular complexity index is 917. The minimum atomic E-state index is -0.120. The topological polar surface area (TPSA) is 58.2 Å². The summed E-state index contributed by atoms with van der Waals surface area (Å²) >= 11 is 6.31. The van der Waals surface area contributed by atoms with Crippen LogP contribution in [0.2, 0.25) is 5.02 Å². The summed E-state index contributed by atoms with van der Waals surface area (Å²) in [6.45, 7) is 8.21. The van der Waals surface area contributed by atoms with Crippen molar-refractivity contribution >= 4 is 29.0 Å². The van der Waals surface area contributed by atoms with E-state index in [1.54, 1.807) is 19.1 Å². The summed E-state index contributed by atoms with van der Waals surface area (Å²) < 4.78 is 0. The van der Waals surface area contributed by atoms with E-state index < -0.39 is 0 Å². The maximum Gasteiger partial charge on any atom is 0.253 e. The van der Waals surface area contributed by atoms with E-state index in [1.165, 1.54) is 0 Å². The van der Waals surface area contributed by atoms with Crippen molar-refractivity contribution < 1.29 is 9.59 Å². The van der Waals surface area contributed by atoms with E-state index >= 15 is 0 Å². The summed E-state index contributed by atoms with van der Waals surface area (Å²) in [6.07, 6.45) is 2.08. The minimum absolute atomic E-state index is 0.0836. The molecule has 1 aliphatic rings. The largest absolute Gasteiger partial charge is 0.381 e. The lowest BCUT2D eigenvalue weighted by atomic mass is 9.91. The maximum atomic E-state index is 12.2. The van der Waals surface area contributed by atoms with Crippen molar-refractivity contribution in [1.29, 1.82) is 0 Å². The average molecular weight is 385 g/mol. The van der Waals surface area contributed by atoms with Crippen molar-refractivity contribution in [2.24, 2.45) is 0 Å². The van der Waals surface area contributed by atoms with E-state index in [1.807, 2.05) is 19.9 Å². The Morgan fingerprint density at radius 3 is 2.41 bits per heavy atom. The molecule has 142 valence electrons. The van der Waals surface area contributed by atoms with Gasteiger partial charge in [-0.15, -0.1) is 0 Å². The van der Waals surface area contributed by atoms with E-state index in [2.05, 4.69) is 23.6 Å². The summed E-state index contributed by atoms with van der Waals surface area (Å²) in [5, 5.41) is 6.74. The minimum Gasteiger partial charge on any atom is -0.381 e. The molecule has 4 nitrogen and oxygen atoms in total. The standard InChI is InChI=1S/C22H25ClN2O2/c1-12-9-13(2)21(15(4)26)14(3)19(12)11-24-17-7-8-18(20(23)10-17)22(27)25-16-5-6-16/h7-10,16,24H,5-6,11H2,1-4H3,(H,25,27). The summed E-state index contributed by atoms with van der Waals surface area (Å²) in [7, 11) is 0. The summed E-state index contributed by atoms with van der Waals surface area (Å²) in [5.41, 5.74) is 6.41. The highest BCUT2D eigenvalue weighted by molar-refractivity contribution is 6.34. The molecule has 0 atom stereocenters. The second-order valence-corrected chi connectivity index (χ2v) is 7.75. The number of halogens is 1. The van der Waals surface area contributed by atoms with Gasteiger partial charge in [-0.2, -0.15) is 0 Å². The van der Waals surface area contributed by atoms with Crippen LogP contribution < -0.4 is 10.6 Å². The Morgan fingerprint density at radius 2 is 1.81 bits per heavy atom. The number of rotatable bonds is 6. The molecule has 1 amide bonds. The molecular weight excluding hydrogens is 360 g/mol. The number of hydrogen-bond acceptors (Lipinski definition) is 3. The van der Waals surface area contributed by atoms with E-state index in [4.69, 9.17) is 11.6 Å². The van der Waals surface area contributed by atoms with Crippen LogP contribution in [0.1, 0.15) is 62.7 Å². The first-order chi connectivity index (χ1) is 12.8. The molecule has 2 N–H and O–H groups in total. The predicted octanol–water partition coefficient (Wildman–Crippen LogP) is 4.97. The molecule has 5 heteroatoms. The maximum absolute atomic E-state index is 12.2. The second-order valence-electron chi connectivity index (χ2n) is 7.34. The monoisotopic (exact) mass is 384 g/mol. The van der Waals surface area contributed by atoms with Crippen LogP contribution in [0.5, 0.6) is 0 Å². The van der Waals surface area contributed by atoms with Gasteiger partial charge in [-0.05, 0) is 81.0 Å². The molecule has 0 saturated heterocycles.